The summed E-state index contributed by atoms with van der Waals surface area (Å²) in [5, 5.41) is 29.0. The van der Waals surface area contributed by atoms with E-state index < -0.39 is 11.0 Å². The summed E-state index contributed by atoms with van der Waals surface area (Å²) in [5.41, 5.74) is -0.969. The monoisotopic (exact) mass is 327 g/mol. The molecule has 6 unspecified atom stereocenters. The number of nitrogens with one attached hydrogen (secondary N) is 1. The summed E-state index contributed by atoms with van der Waals surface area (Å²) in [4.78, 5) is 14.8. The molecule has 5 fully saturated rings. The van der Waals surface area contributed by atoms with Crippen LogP contribution in [-0.4, -0.2) is 39.3 Å². The van der Waals surface area contributed by atoms with Gasteiger partial charge in [0.1, 0.15) is 11.8 Å². The zero-order chi connectivity index (χ0) is 16.9. The van der Waals surface area contributed by atoms with Crippen molar-refractivity contribution in [3.8, 4) is 6.07 Å². The fraction of sp³-hybridized carbons (Fsp3) is 0.842. The van der Waals surface area contributed by atoms with Crippen LogP contribution in [0.5, 0.6) is 0 Å². The number of rotatable bonds is 4. The van der Waals surface area contributed by atoms with Crippen LogP contribution in [0.15, 0.2) is 0 Å². The SMILES string of the molecule is CCCC1C[C@@H](C#N)N1C(=O)C(=N)C12CC3CC4CC(O)(C1)C42C3. The zero-order valence-electron chi connectivity index (χ0n) is 14.2. The Labute approximate surface area is 142 Å². The highest BCUT2D eigenvalue weighted by molar-refractivity contribution is 6.40. The molecular weight excluding hydrogens is 302 g/mol. The van der Waals surface area contributed by atoms with Crippen molar-refractivity contribution in [2.75, 3.05) is 0 Å². The molecule has 2 N–H and O–H groups in total. The number of hydrogen-bond acceptors (Lipinski definition) is 4. The molecule has 1 heterocycles. The summed E-state index contributed by atoms with van der Waals surface area (Å²) < 4.78 is 0. The predicted molar refractivity (Wildman–Crippen MR) is 87.2 cm³/mol. The second kappa shape index (κ2) is 4.22. The van der Waals surface area contributed by atoms with Crippen molar-refractivity contribution >= 4 is 11.6 Å². The number of nitriles is 1. The van der Waals surface area contributed by atoms with Gasteiger partial charge in [0.15, 0.2) is 0 Å². The Hall–Kier alpha value is -1.41. The molecule has 0 aromatic heterocycles. The summed E-state index contributed by atoms with van der Waals surface area (Å²) in [5.74, 6) is 0.868. The largest absolute Gasteiger partial charge is 0.389 e. The molecule has 1 saturated heterocycles. The predicted octanol–water partition coefficient (Wildman–Crippen LogP) is 2.24. The van der Waals surface area contributed by atoms with Crippen LogP contribution >= 0.6 is 0 Å². The molecule has 4 aliphatic carbocycles. The number of carbonyl (C=O) groups is 1. The minimum Gasteiger partial charge on any atom is -0.389 e. The fourth-order valence-corrected chi connectivity index (χ4v) is 7.67. The van der Waals surface area contributed by atoms with Crippen LogP contribution in [0.25, 0.3) is 0 Å². The van der Waals surface area contributed by atoms with E-state index in [1.54, 1.807) is 4.90 Å². The van der Waals surface area contributed by atoms with Gasteiger partial charge in [-0.2, -0.15) is 5.26 Å². The first-order valence-electron chi connectivity index (χ1n) is 9.46. The summed E-state index contributed by atoms with van der Waals surface area (Å²) in [6.45, 7) is 2.09. The van der Waals surface area contributed by atoms with Crippen molar-refractivity contribution in [3.05, 3.63) is 0 Å². The molecule has 5 nitrogen and oxygen atoms in total. The van der Waals surface area contributed by atoms with Crippen molar-refractivity contribution in [2.45, 2.75) is 76.0 Å². The number of aliphatic hydroxyl groups is 1. The quantitative estimate of drug-likeness (QED) is 0.776. The molecule has 24 heavy (non-hydrogen) atoms. The minimum absolute atomic E-state index is 0.121. The Bertz CT molecular complexity index is 699. The highest BCUT2D eigenvalue weighted by Crippen LogP contribution is 2.88. The summed E-state index contributed by atoms with van der Waals surface area (Å²) in [7, 11) is 0. The number of amides is 1. The first kappa shape index (κ1) is 14.9. The van der Waals surface area contributed by atoms with Gasteiger partial charge in [0.2, 0.25) is 0 Å². The van der Waals surface area contributed by atoms with Gasteiger partial charge in [-0.3, -0.25) is 10.2 Å². The number of carbonyl (C=O) groups excluding carboxylic acids is 1. The minimum atomic E-state index is -0.609. The van der Waals surface area contributed by atoms with Crippen LogP contribution < -0.4 is 0 Å². The fourth-order valence-electron chi connectivity index (χ4n) is 7.67. The summed E-state index contributed by atoms with van der Waals surface area (Å²) in [6.07, 6.45) is 7.19. The maximum atomic E-state index is 13.1. The van der Waals surface area contributed by atoms with Gasteiger partial charge < -0.3 is 10.0 Å². The molecule has 0 aromatic rings. The molecule has 0 aromatic carbocycles. The third kappa shape index (κ3) is 1.28. The van der Waals surface area contributed by atoms with Gasteiger partial charge in [-0.05, 0) is 50.4 Å². The normalized spacial score (nSPS) is 52.6. The van der Waals surface area contributed by atoms with Crippen molar-refractivity contribution in [1.29, 1.82) is 10.7 Å². The highest BCUT2D eigenvalue weighted by atomic mass is 16.3. The number of fused-ring (bicyclic) bond motifs is 1. The van der Waals surface area contributed by atoms with Crippen LogP contribution in [0.3, 0.4) is 0 Å². The molecule has 5 aliphatic rings. The lowest BCUT2D eigenvalue weighted by Gasteiger charge is -2.77. The molecule has 5 rings (SSSR count). The molecule has 5 heteroatoms. The lowest BCUT2D eigenvalue weighted by molar-refractivity contribution is -0.327. The van der Waals surface area contributed by atoms with Crippen molar-refractivity contribution in [2.24, 2.45) is 22.7 Å². The van der Waals surface area contributed by atoms with Crippen LogP contribution in [-0.2, 0) is 4.79 Å². The van der Waals surface area contributed by atoms with Crippen molar-refractivity contribution in [3.63, 3.8) is 0 Å². The number of likely N-dealkylation sites (tertiary alicyclic amines) is 1. The maximum Gasteiger partial charge on any atom is 0.269 e. The molecule has 128 valence electrons. The lowest BCUT2D eigenvalue weighted by Crippen LogP contribution is -2.81. The van der Waals surface area contributed by atoms with Crippen LogP contribution in [0.2, 0.25) is 0 Å². The second-order valence-corrected chi connectivity index (χ2v) is 9.08. The maximum absolute atomic E-state index is 13.1. The molecule has 4 saturated carbocycles. The Morgan fingerprint density at radius 2 is 2.17 bits per heavy atom. The van der Waals surface area contributed by atoms with Gasteiger partial charge in [0.05, 0.1) is 11.7 Å². The third-order valence-electron chi connectivity index (χ3n) is 8.35. The molecule has 0 radical (unpaired) electrons. The Kier molecular flexibility index (Phi) is 2.62. The molecule has 1 amide bonds. The summed E-state index contributed by atoms with van der Waals surface area (Å²) >= 11 is 0. The molecule has 2 bridgehead atoms. The van der Waals surface area contributed by atoms with Gasteiger partial charge >= 0.3 is 0 Å². The Balaban J connectivity index is 1.43. The van der Waals surface area contributed by atoms with Gasteiger partial charge in [-0.1, -0.05) is 13.3 Å². The van der Waals surface area contributed by atoms with E-state index in [1.165, 1.54) is 6.42 Å². The van der Waals surface area contributed by atoms with E-state index in [-0.39, 0.29) is 29.1 Å². The van der Waals surface area contributed by atoms with Gasteiger partial charge in [-0.15, -0.1) is 0 Å². The van der Waals surface area contributed by atoms with Gasteiger partial charge in [0.25, 0.3) is 5.91 Å². The molecule has 7 atom stereocenters. The number of nitrogens with zero attached hydrogens (tertiary/aromatic N) is 2. The number of hydrogen-bond donors (Lipinski definition) is 2. The second-order valence-electron chi connectivity index (χ2n) is 9.08. The smallest absolute Gasteiger partial charge is 0.269 e. The Morgan fingerprint density at radius 3 is 2.79 bits per heavy atom. The average molecular weight is 327 g/mol. The van der Waals surface area contributed by atoms with E-state index in [0.717, 1.165) is 38.5 Å². The Morgan fingerprint density at radius 1 is 1.38 bits per heavy atom. The van der Waals surface area contributed by atoms with E-state index >= 15 is 0 Å². The van der Waals surface area contributed by atoms with E-state index in [9.17, 15) is 15.2 Å². The van der Waals surface area contributed by atoms with E-state index in [2.05, 4.69) is 13.0 Å². The topological polar surface area (TPSA) is 88.2 Å². The average Bonchev–Trinajstić information content (AvgIpc) is 3.02. The van der Waals surface area contributed by atoms with Crippen LogP contribution in [0.4, 0.5) is 0 Å². The molecular formula is C19H25N3O2. The van der Waals surface area contributed by atoms with Crippen LogP contribution in [0, 0.1) is 39.4 Å². The van der Waals surface area contributed by atoms with E-state index in [4.69, 9.17) is 5.41 Å². The van der Waals surface area contributed by atoms with Crippen LogP contribution in [0.1, 0.15) is 58.3 Å². The molecule has 1 aliphatic heterocycles. The standard InChI is InChI=1S/C19H25N3O2/c1-2-3-13-5-14(9-20)22(13)16(23)15(21)17-6-11-4-12-8-18(24,10-17)19(12,17)7-11/h11-14,21,24H,2-8,10H2,1H3/t11?,12?,13?,14-,17?,18?,19?/m0/s1. The van der Waals surface area contributed by atoms with Gasteiger partial charge in [-0.25, -0.2) is 0 Å². The summed E-state index contributed by atoms with van der Waals surface area (Å²) in [6, 6.07) is 1.98. The third-order valence-corrected chi connectivity index (χ3v) is 8.35. The van der Waals surface area contributed by atoms with Crippen molar-refractivity contribution < 1.29 is 9.90 Å². The van der Waals surface area contributed by atoms with E-state index in [1.807, 2.05) is 0 Å². The lowest BCUT2D eigenvalue weighted by atomic mass is 9.28. The molecule has 1 spiro atoms. The first-order valence-corrected chi connectivity index (χ1v) is 9.46. The van der Waals surface area contributed by atoms with Crippen molar-refractivity contribution in [1.82, 2.24) is 4.90 Å². The highest BCUT2D eigenvalue weighted by Gasteiger charge is 2.88. The first-order chi connectivity index (χ1) is 11.4. The van der Waals surface area contributed by atoms with Gasteiger partial charge in [0, 0.05) is 23.3 Å². The zero-order valence-corrected chi connectivity index (χ0v) is 14.2. The van der Waals surface area contributed by atoms with E-state index in [0.29, 0.717) is 18.3 Å².